The highest BCUT2D eigenvalue weighted by Crippen LogP contribution is 2.22. The molecule has 2 aromatic carbocycles. The summed E-state index contributed by atoms with van der Waals surface area (Å²) < 4.78 is 7.70. The Morgan fingerprint density at radius 1 is 1.06 bits per heavy atom. The minimum Gasteiger partial charge on any atom is -0.497 e. The van der Waals surface area contributed by atoms with E-state index >= 15 is 0 Å². The van der Waals surface area contributed by atoms with E-state index in [0.29, 0.717) is 47.0 Å². The quantitative estimate of drug-likeness (QED) is 0.397. The molecule has 1 aliphatic rings. The summed E-state index contributed by atoms with van der Waals surface area (Å²) in [5.74, 6) is 1.22. The van der Waals surface area contributed by atoms with Crippen molar-refractivity contribution in [3.63, 3.8) is 0 Å². The number of nitrogens with one attached hydrogen (secondary N) is 3. The van der Waals surface area contributed by atoms with E-state index in [1.54, 1.807) is 37.4 Å². The summed E-state index contributed by atoms with van der Waals surface area (Å²) in [4.78, 5) is 32.4. The van der Waals surface area contributed by atoms with Crippen LogP contribution in [0.25, 0.3) is 0 Å². The summed E-state index contributed by atoms with van der Waals surface area (Å²) in [6.07, 6.45) is 0. The Balaban J connectivity index is 1.65. The molecule has 0 aliphatic carbocycles. The van der Waals surface area contributed by atoms with Crippen molar-refractivity contribution < 1.29 is 4.74 Å². The summed E-state index contributed by atoms with van der Waals surface area (Å²) >= 11 is 12.1. The molecule has 3 aromatic rings. The van der Waals surface area contributed by atoms with Crippen molar-refractivity contribution in [3.05, 3.63) is 84.6 Å². The molecule has 1 fully saturated rings. The van der Waals surface area contributed by atoms with E-state index in [0.717, 1.165) is 16.7 Å². The summed E-state index contributed by atoms with van der Waals surface area (Å²) in [6, 6.07) is 12.3. The molecule has 1 saturated heterocycles. The number of nitrogens with zero attached hydrogens (tertiary/aromatic N) is 4. The van der Waals surface area contributed by atoms with Crippen molar-refractivity contribution in [1.82, 2.24) is 24.3 Å². The van der Waals surface area contributed by atoms with E-state index in [1.165, 1.54) is 4.57 Å². The van der Waals surface area contributed by atoms with Gasteiger partial charge in [0.15, 0.2) is 5.96 Å². The van der Waals surface area contributed by atoms with Gasteiger partial charge in [-0.15, -0.1) is 0 Å². The zero-order chi connectivity index (χ0) is 24.9. The molecular formula is C23H25Cl2N7O3. The van der Waals surface area contributed by atoms with Crippen LogP contribution in [0.4, 0.5) is 5.95 Å². The van der Waals surface area contributed by atoms with Crippen molar-refractivity contribution in [2.24, 2.45) is 0 Å². The Morgan fingerprint density at radius 2 is 1.77 bits per heavy atom. The zero-order valence-electron chi connectivity index (χ0n) is 19.1. The molecule has 12 heteroatoms. The molecule has 1 aromatic heterocycles. The van der Waals surface area contributed by atoms with Crippen molar-refractivity contribution >= 4 is 35.1 Å². The highest BCUT2D eigenvalue weighted by Gasteiger charge is 2.17. The van der Waals surface area contributed by atoms with E-state index in [2.05, 4.69) is 15.6 Å². The highest BCUT2D eigenvalue weighted by atomic mass is 35.5. The minimum absolute atomic E-state index is 0.00105. The molecule has 0 unspecified atom stereocenters. The van der Waals surface area contributed by atoms with Crippen LogP contribution in [0.2, 0.25) is 10.0 Å². The maximum atomic E-state index is 13.5. The molecule has 0 saturated carbocycles. The van der Waals surface area contributed by atoms with Crippen LogP contribution in [0, 0.1) is 5.41 Å². The minimum atomic E-state index is -0.676. The molecular weight excluding hydrogens is 493 g/mol. The number of benzene rings is 2. The Morgan fingerprint density at radius 3 is 2.43 bits per heavy atom. The van der Waals surface area contributed by atoms with E-state index in [-0.39, 0.29) is 19.0 Å². The van der Waals surface area contributed by atoms with Crippen LogP contribution in [0.3, 0.4) is 0 Å². The second-order valence-electron chi connectivity index (χ2n) is 7.96. The number of halogens is 2. The van der Waals surface area contributed by atoms with E-state index in [4.69, 9.17) is 33.3 Å². The monoisotopic (exact) mass is 517 g/mol. The molecule has 184 valence electrons. The van der Waals surface area contributed by atoms with Crippen LogP contribution >= 0.6 is 23.2 Å². The molecule has 0 amide bonds. The SMILES string of the molecule is COc1ccc(Cn2c(NCCN3CCNC3=N)nc(=O)n(Cc3ccc(Cl)c(Cl)c3)c2=O)cc1. The van der Waals surface area contributed by atoms with Crippen LogP contribution in [-0.4, -0.2) is 58.3 Å². The number of aromatic nitrogens is 3. The van der Waals surface area contributed by atoms with Gasteiger partial charge in [0.25, 0.3) is 0 Å². The van der Waals surface area contributed by atoms with Crippen LogP contribution in [0.1, 0.15) is 11.1 Å². The molecule has 1 aliphatic heterocycles. The van der Waals surface area contributed by atoms with Crippen molar-refractivity contribution in [3.8, 4) is 5.75 Å². The first-order valence-electron chi connectivity index (χ1n) is 11.0. The third-order valence-electron chi connectivity index (χ3n) is 5.63. The topological polar surface area (TPSA) is 117 Å². The van der Waals surface area contributed by atoms with Gasteiger partial charge in [0.05, 0.1) is 30.2 Å². The van der Waals surface area contributed by atoms with Crippen molar-refractivity contribution in [2.45, 2.75) is 13.1 Å². The van der Waals surface area contributed by atoms with Gasteiger partial charge in [-0.3, -0.25) is 9.98 Å². The fourth-order valence-electron chi connectivity index (χ4n) is 3.74. The standard InChI is InChI=1S/C23H25Cl2N7O3/c1-35-17-5-2-15(3-6-17)13-31-21(28-9-11-30-10-8-27-20(30)26)29-22(33)32(23(31)34)14-16-4-7-18(24)19(25)12-16/h2-7,12H,8-11,13-14H2,1H3,(H2,26,27)(H,28,29,33). The Kier molecular flexibility index (Phi) is 7.62. The van der Waals surface area contributed by atoms with E-state index in [9.17, 15) is 9.59 Å². The maximum absolute atomic E-state index is 13.5. The number of guanidine groups is 1. The molecule has 0 atom stereocenters. The molecule has 3 N–H and O–H groups in total. The largest absolute Gasteiger partial charge is 0.497 e. The lowest BCUT2D eigenvalue weighted by atomic mass is 10.2. The van der Waals surface area contributed by atoms with Gasteiger partial charge in [0, 0.05) is 26.2 Å². The number of methoxy groups -OCH3 is 1. The van der Waals surface area contributed by atoms with Gasteiger partial charge >= 0.3 is 11.4 Å². The average Bonchev–Trinajstić information content (AvgIpc) is 3.26. The molecule has 0 bridgehead atoms. The Labute approximate surface area is 211 Å². The summed E-state index contributed by atoms with van der Waals surface area (Å²) in [5, 5.41) is 14.7. The lowest BCUT2D eigenvalue weighted by molar-refractivity contribution is 0.414. The van der Waals surface area contributed by atoms with Gasteiger partial charge in [-0.05, 0) is 35.4 Å². The lowest BCUT2D eigenvalue weighted by Gasteiger charge is -2.19. The molecule has 0 radical (unpaired) electrons. The van der Waals surface area contributed by atoms with Gasteiger partial charge < -0.3 is 20.3 Å². The number of anilines is 1. The average molecular weight is 518 g/mol. The van der Waals surface area contributed by atoms with Crippen LogP contribution in [0.15, 0.2) is 52.1 Å². The molecule has 4 rings (SSSR count). The summed E-state index contributed by atoms with van der Waals surface area (Å²) in [7, 11) is 1.58. The van der Waals surface area contributed by atoms with Gasteiger partial charge in [-0.2, -0.15) is 4.98 Å². The Hall–Kier alpha value is -3.50. The van der Waals surface area contributed by atoms with Gasteiger partial charge in [0.2, 0.25) is 5.95 Å². The number of hydrogen-bond donors (Lipinski definition) is 3. The second-order valence-corrected chi connectivity index (χ2v) is 8.77. The third kappa shape index (κ3) is 5.77. The maximum Gasteiger partial charge on any atom is 0.355 e. The first kappa shape index (κ1) is 24.6. The first-order valence-corrected chi connectivity index (χ1v) is 11.7. The molecule has 2 heterocycles. The van der Waals surface area contributed by atoms with Crippen LogP contribution in [-0.2, 0) is 13.1 Å². The molecule has 35 heavy (non-hydrogen) atoms. The molecule has 10 nitrogen and oxygen atoms in total. The van der Waals surface area contributed by atoms with Crippen molar-refractivity contribution in [2.75, 3.05) is 38.6 Å². The third-order valence-corrected chi connectivity index (χ3v) is 6.37. The predicted octanol–water partition coefficient (Wildman–Crippen LogP) is 2.07. The predicted molar refractivity (Wildman–Crippen MR) is 136 cm³/mol. The summed E-state index contributed by atoms with van der Waals surface area (Å²) in [6.45, 7) is 2.55. The zero-order valence-corrected chi connectivity index (χ0v) is 20.6. The van der Waals surface area contributed by atoms with Crippen LogP contribution < -0.4 is 26.7 Å². The second kappa shape index (κ2) is 10.8. The smallest absolute Gasteiger partial charge is 0.355 e. The number of ether oxygens (including phenoxy) is 1. The normalized spacial score (nSPS) is 13.1. The van der Waals surface area contributed by atoms with E-state index < -0.39 is 11.4 Å². The Bertz CT molecular complexity index is 1340. The van der Waals surface area contributed by atoms with Gasteiger partial charge in [-0.25, -0.2) is 14.2 Å². The van der Waals surface area contributed by atoms with Gasteiger partial charge in [0.1, 0.15) is 5.75 Å². The van der Waals surface area contributed by atoms with Crippen LogP contribution in [0.5, 0.6) is 5.75 Å². The van der Waals surface area contributed by atoms with Crippen molar-refractivity contribution in [1.29, 1.82) is 5.41 Å². The van der Waals surface area contributed by atoms with E-state index in [1.807, 2.05) is 17.0 Å². The lowest BCUT2D eigenvalue weighted by Crippen LogP contribution is -2.43. The van der Waals surface area contributed by atoms with Gasteiger partial charge in [-0.1, -0.05) is 41.4 Å². The number of hydrogen-bond acceptors (Lipinski definition) is 6. The molecule has 0 spiro atoms. The fraction of sp³-hybridized carbons (Fsp3) is 0.304. The highest BCUT2D eigenvalue weighted by molar-refractivity contribution is 6.42. The fourth-order valence-corrected chi connectivity index (χ4v) is 4.06. The first-order chi connectivity index (χ1) is 16.9. The number of rotatable bonds is 9. The summed E-state index contributed by atoms with van der Waals surface area (Å²) in [5.41, 5.74) is 0.301.